The third-order valence-corrected chi connectivity index (χ3v) is 13.3. The Morgan fingerprint density at radius 3 is 1.57 bits per heavy atom. The minimum Gasteiger partial charge on any atom is -0.228 e. The van der Waals surface area contributed by atoms with E-state index in [1.165, 1.54) is 88.0 Å². The van der Waals surface area contributed by atoms with Crippen molar-refractivity contribution in [3.05, 3.63) is 241 Å². The Labute approximate surface area is 354 Å². The molecule has 10 aromatic carbocycles. The molecular weight excluding hydrogens is 737 g/mol. The van der Waals surface area contributed by atoms with E-state index < -0.39 is 5.41 Å². The second-order valence-electron chi connectivity index (χ2n) is 16.4. The Hall–Kier alpha value is -7.94. The highest BCUT2D eigenvalue weighted by Crippen LogP contribution is 2.65. The first-order valence-electron chi connectivity index (χ1n) is 21.1. The summed E-state index contributed by atoms with van der Waals surface area (Å²) in [5.74, 6) is 0.712. The van der Waals surface area contributed by atoms with Crippen LogP contribution in [0.4, 0.5) is 0 Å². The van der Waals surface area contributed by atoms with Crippen LogP contribution in [-0.4, -0.2) is 9.97 Å². The Kier molecular flexibility index (Phi) is 7.26. The van der Waals surface area contributed by atoms with Crippen LogP contribution < -0.4 is 0 Å². The Morgan fingerprint density at radius 2 is 0.820 bits per heavy atom. The molecular formula is C59H36N2. The summed E-state index contributed by atoms with van der Waals surface area (Å²) in [6.07, 6.45) is 0. The highest BCUT2D eigenvalue weighted by atomic mass is 14.9. The summed E-state index contributed by atoms with van der Waals surface area (Å²) in [6.45, 7) is 0. The van der Waals surface area contributed by atoms with Crippen LogP contribution in [0.5, 0.6) is 0 Å². The molecule has 2 heteroatoms. The minimum atomic E-state index is -0.465. The molecule has 1 aromatic heterocycles. The normalized spacial score (nSPS) is 13.0. The number of rotatable bonds is 4. The number of hydrogen-bond donors (Lipinski definition) is 0. The molecule has 0 atom stereocenters. The van der Waals surface area contributed by atoms with Crippen molar-refractivity contribution in [3.63, 3.8) is 0 Å². The van der Waals surface area contributed by atoms with Crippen molar-refractivity contribution in [3.8, 4) is 67.3 Å². The van der Waals surface area contributed by atoms with Gasteiger partial charge in [0.05, 0.1) is 16.8 Å². The molecule has 0 radical (unpaired) electrons. The van der Waals surface area contributed by atoms with Gasteiger partial charge >= 0.3 is 0 Å². The second-order valence-corrected chi connectivity index (χ2v) is 16.4. The van der Waals surface area contributed by atoms with Gasteiger partial charge in [-0.05, 0) is 100 Å². The van der Waals surface area contributed by atoms with Gasteiger partial charge in [-0.15, -0.1) is 0 Å². The van der Waals surface area contributed by atoms with Crippen molar-refractivity contribution in [1.29, 1.82) is 0 Å². The molecule has 0 unspecified atom stereocenters. The fraction of sp³-hybridized carbons (Fsp3) is 0.0169. The van der Waals surface area contributed by atoms with E-state index in [0.717, 1.165) is 28.1 Å². The maximum Gasteiger partial charge on any atom is 0.160 e. The lowest BCUT2D eigenvalue weighted by molar-refractivity contribution is 0.795. The molecule has 11 aromatic rings. The summed E-state index contributed by atoms with van der Waals surface area (Å²) in [6, 6.07) is 79.8. The van der Waals surface area contributed by atoms with Gasteiger partial charge in [0.1, 0.15) is 0 Å². The monoisotopic (exact) mass is 772 g/mol. The maximum absolute atomic E-state index is 5.21. The van der Waals surface area contributed by atoms with E-state index in [1.807, 2.05) is 18.2 Å². The van der Waals surface area contributed by atoms with Crippen molar-refractivity contribution in [1.82, 2.24) is 9.97 Å². The van der Waals surface area contributed by atoms with Gasteiger partial charge in [0.15, 0.2) is 5.82 Å². The smallest absolute Gasteiger partial charge is 0.160 e. The molecule has 1 spiro atoms. The third kappa shape index (κ3) is 4.85. The minimum absolute atomic E-state index is 0.465. The van der Waals surface area contributed by atoms with Gasteiger partial charge in [0.2, 0.25) is 0 Å². The summed E-state index contributed by atoms with van der Waals surface area (Å²) in [5.41, 5.74) is 17.6. The predicted octanol–water partition coefficient (Wildman–Crippen LogP) is 14.9. The summed E-state index contributed by atoms with van der Waals surface area (Å²) in [7, 11) is 0. The molecule has 0 aliphatic heterocycles. The van der Waals surface area contributed by atoms with Crippen molar-refractivity contribution in [2.75, 3.05) is 0 Å². The molecule has 0 amide bonds. The third-order valence-electron chi connectivity index (χ3n) is 13.3. The molecule has 61 heavy (non-hydrogen) atoms. The van der Waals surface area contributed by atoms with Gasteiger partial charge in [-0.25, -0.2) is 9.97 Å². The topological polar surface area (TPSA) is 25.8 Å². The van der Waals surface area contributed by atoms with E-state index in [9.17, 15) is 0 Å². The highest BCUT2D eigenvalue weighted by Gasteiger charge is 2.52. The molecule has 2 nitrogen and oxygen atoms in total. The van der Waals surface area contributed by atoms with Crippen LogP contribution in [0.3, 0.4) is 0 Å². The van der Waals surface area contributed by atoms with Gasteiger partial charge in [0, 0.05) is 16.7 Å². The molecule has 0 bridgehead atoms. The Balaban J connectivity index is 1.04. The van der Waals surface area contributed by atoms with E-state index in [2.05, 4.69) is 200 Å². The van der Waals surface area contributed by atoms with Crippen molar-refractivity contribution < 1.29 is 0 Å². The lowest BCUT2D eigenvalue weighted by Crippen LogP contribution is -2.26. The maximum atomic E-state index is 5.21. The predicted molar refractivity (Wildman–Crippen MR) is 253 cm³/mol. The van der Waals surface area contributed by atoms with Crippen molar-refractivity contribution in [2.24, 2.45) is 0 Å². The number of hydrogen-bond acceptors (Lipinski definition) is 2. The zero-order chi connectivity index (χ0) is 40.1. The quantitative estimate of drug-likeness (QED) is 0.178. The second kappa shape index (κ2) is 13.0. The van der Waals surface area contributed by atoms with Gasteiger partial charge in [-0.3, -0.25) is 0 Å². The molecule has 0 saturated carbocycles. The Bertz CT molecular complexity index is 3530. The van der Waals surface area contributed by atoms with E-state index in [-0.39, 0.29) is 0 Å². The zero-order valence-electron chi connectivity index (χ0n) is 33.2. The van der Waals surface area contributed by atoms with Crippen LogP contribution in [-0.2, 0) is 5.41 Å². The molecule has 2 aliphatic carbocycles. The summed E-state index contributed by atoms with van der Waals surface area (Å²) >= 11 is 0. The SMILES string of the molecule is c1ccc(-c2nc(-c3ccc(-c4cc5c(c6ccccc46)-c4c(ccc6ccccc46)C54c5ccccc5-c5ccccc54)cc3)cc(-c3cccc4ccccc34)n2)cc1. The van der Waals surface area contributed by atoms with Crippen molar-refractivity contribution >= 4 is 32.3 Å². The molecule has 0 N–H and O–H groups in total. The average molecular weight is 773 g/mol. The lowest BCUT2D eigenvalue weighted by Gasteiger charge is -2.31. The zero-order valence-corrected chi connectivity index (χ0v) is 33.2. The fourth-order valence-electron chi connectivity index (χ4n) is 10.7. The van der Waals surface area contributed by atoms with Gasteiger partial charge < -0.3 is 0 Å². The van der Waals surface area contributed by atoms with Gasteiger partial charge in [-0.2, -0.15) is 0 Å². The largest absolute Gasteiger partial charge is 0.228 e. The first-order chi connectivity index (χ1) is 30.3. The lowest BCUT2D eigenvalue weighted by atomic mass is 9.70. The van der Waals surface area contributed by atoms with Gasteiger partial charge in [0.25, 0.3) is 0 Å². The molecule has 282 valence electrons. The van der Waals surface area contributed by atoms with E-state index in [1.54, 1.807) is 0 Å². The van der Waals surface area contributed by atoms with Crippen LogP contribution in [0.2, 0.25) is 0 Å². The first kappa shape index (κ1) is 34.0. The summed E-state index contributed by atoms with van der Waals surface area (Å²) in [5, 5.41) is 7.44. The van der Waals surface area contributed by atoms with Crippen molar-refractivity contribution in [2.45, 2.75) is 5.41 Å². The molecule has 2 aliphatic rings. The van der Waals surface area contributed by atoms with Gasteiger partial charge in [-0.1, -0.05) is 206 Å². The summed E-state index contributed by atoms with van der Waals surface area (Å²) < 4.78 is 0. The first-order valence-corrected chi connectivity index (χ1v) is 21.1. The fourth-order valence-corrected chi connectivity index (χ4v) is 10.7. The van der Waals surface area contributed by atoms with Crippen LogP contribution >= 0.6 is 0 Å². The molecule has 13 rings (SSSR count). The molecule has 0 saturated heterocycles. The van der Waals surface area contributed by atoms with Crippen LogP contribution in [0.15, 0.2) is 218 Å². The number of benzene rings is 10. The average Bonchev–Trinajstić information content (AvgIpc) is 3.81. The Morgan fingerprint density at radius 1 is 0.279 bits per heavy atom. The number of fused-ring (bicyclic) bond motifs is 15. The van der Waals surface area contributed by atoms with E-state index in [0.29, 0.717) is 5.82 Å². The van der Waals surface area contributed by atoms with E-state index >= 15 is 0 Å². The van der Waals surface area contributed by atoms with Crippen LogP contribution in [0, 0.1) is 0 Å². The summed E-state index contributed by atoms with van der Waals surface area (Å²) in [4.78, 5) is 10.4. The standard InChI is InChI=1S/C59H36N2/c1-2-17-41(18-3-1)58-60-54(36-55(61-58)47-26-14-19-37-15-4-6-20-42(37)47)40-31-29-39(30-32-40)49-35-53-57(48-25-9-8-22-44(48)49)56-43-21-7-5-16-38(43)33-34-52(56)59(53)50-27-12-10-23-45(50)46-24-11-13-28-51(46)59/h1-36H. The van der Waals surface area contributed by atoms with E-state index in [4.69, 9.17) is 9.97 Å². The van der Waals surface area contributed by atoms with Crippen LogP contribution in [0.25, 0.3) is 99.6 Å². The van der Waals surface area contributed by atoms with Crippen LogP contribution in [0.1, 0.15) is 22.3 Å². The molecule has 0 fully saturated rings. The molecule has 1 heterocycles. The number of aromatic nitrogens is 2. The highest BCUT2D eigenvalue weighted by molar-refractivity contribution is 6.16. The number of nitrogens with zero attached hydrogens (tertiary/aromatic N) is 2.